The summed E-state index contributed by atoms with van der Waals surface area (Å²) < 4.78 is 53.7. The van der Waals surface area contributed by atoms with E-state index < -0.39 is 23.5 Å². The summed E-state index contributed by atoms with van der Waals surface area (Å²) in [6.07, 6.45) is -1.91. The van der Waals surface area contributed by atoms with Crippen LogP contribution in [0, 0.1) is 5.82 Å². The molecule has 1 aliphatic heterocycles. The van der Waals surface area contributed by atoms with E-state index >= 15 is 0 Å². The summed E-state index contributed by atoms with van der Waals surface area (Å²) in [5.74, 6) is -1.45. The highest BCUT2D eigenvalue weighted by Crippen LogP contribution is 2.36. The second kappa shape index (κ2) is 9.36. The first-order chi connectivity index (χ1) is 14.6. The molecule has 9 heteroatoms. The smallest absolute Gasteiger partial charge is 0.376 e. The first-order valence-corrected chi connectivity index (χ1v) is 9.96. The van der Waals surface area contributed by atoms with E-state index in [2.05, 4.69) is 10.6 Å². The first kappa shape index (κ1) is 22.6. The van der Waals surface area contributed by atoms with Crippen molar-refractivity contribution in [2.45, 2.75) is 38.4 Å². The molecule has 3 rings (SSSR count). The Bertz CT molecular complexity index is 945. The van der Waals surface area contributed by atoms with Gasteiger partial charge in [0.2, 0.25) is 5.91 Å². The normalized spacial score (nSPS) is 16.7. The third kappa shape index (κ3) is 5.74. The van der Waals surface area contributed by atoms with E-state index in [9.17, 15) is 27.2 Å². The maximum Gasteiger partial charge on any atom is 0.418 e. The molecule has 1 aliphatic rings. The maximum atomic E-state index is 13.6. The number of hydrogen-bond donors (Lipinski definition) is 2. The minimum absolute atomic E-state index is 0.0641. The summed E-state index contributed by atoms with van der Waals surface area (Å²) in [7, 11) is 0. The van der Waals surface area contributed by atoms with Gasteiger partial charge in [-0.15, -0.1) is 0 Å². The minimum atomic E-state index is -4.69. The van der Waals surface area contributed by atoms with Crippen molar-refractivity contribution in [3.63, 3.8) is 0 Å². The Morgan fingerprint density at radius 1 is 1.10 bits per heavy atom. The van der Waals surface area contributed by atoms with E-state index in [-0.39, 0.29) is 35.4 Å². The van der Waals surface area contributed by atoms with Gasteiger partial charge in [-0.3, -0.25) is 9.59 Å². The van der Waals surface area contributed by atoms with Crippen molar-refractivity contribution in [3.05, 3.63) is 59.4 Å². The van der Waals surface area contributed by atoms with Crippen molar-refractivity contribution in [1.29, 1.82) is 0 Å². The van der Waals surface area contributed by atoms with Crippen molar-refractivity contribution in [1.82, 2.24) is 4.90 Å². The van der Waals surface area contributed by atoms with Crippen LogP contribution < -0.4 is 10.6 Å². The standard InChI is InChI=1S/C22H23F4N3O2/c1-14-4-2-3-11-29(14)20(30)13-27-19-10-9-17(12-18(19)22(24,25)26)28-21(31)15-5-7-16(23)8-6-15/h5-10,12,14,27H,2-4,11,13H2,1H3,(H,28,31). The number of alkyl halides is 3. The van der Waals surface area contributed by atoms with Crippen molar-refractivity contribution < 1.29 is 27.2 Å². The average Bonchev–Trinajstić information content (AvgIpc) is 2.72. The molecule has 0 bridgehead atoms. The Hall–Kier alpha value is -3.10. The minimum Gasteiger partial charge on any atom is -0.376 e. The van der Waals surface area contributed by atoms with Gasteiger partial charge in [-0.25, -0.2) is 4.39 Å². The summed E-state index contributed by atoms with van der Waals surface area (Å²) >= 11 is 0. The highest BCUT2D eigenvalue weighted by Gasteiger charge is 2.34. The van der Waals surface area contributed by atoms with Gasteiger partial charge < -0.3 is 15.5 Å². The van der Waals surface area contributed by atoms with Crippen molar-refractivity contribution >= 4 is 23.2 Å². The van der Waals surface area contributed by atoms with Crippen LogP contribution in [0.2, 0.25) is 0 Å². The van der Waals surface area contributed by atoms with Gasteiger partial charge in [0, 0.05) is 29.5 Å². The Balaban J connectivity index is 1.73. The number of anilines is 2. The second-order valence-electron chi connectivity index (χ2n) is 7.50. The van der Waals surface area contributed by atoms with Crippen molar-refractivity contribution in [2.75, 3.05) is 23.7 Å². The van der Waals surface area contributed by atoms with Crippen LogP contribution in [0.1, 0.15) is 42.1 Å². The molecular formula is C22H23F4N3O2. The Morgan fingerprint density at radius 3 is 2.45 bits per heavy atom. The molecule has 1 fully saturated rings. The number of nitrogens with one attached hydrogen (secondary N) is 2. The molecule has 0 aromatic heterocycles. The monoisotopic (exact) mass is 437 g/mol. The summed E-state index contributed by atoms with van der Waals surface area (Å²) in [6.45, 7) is 2.27. The van der Waals surface area contributed by atoms with E-state index in [4.69, 9.17) is 0 Å². The Morgan fingerprint density at radius 2 is 1.81 bits per heavy atom. The molecule has 2 aromatic rings. The van der Waals surface area contributed by atoms with E-state index in [0.717, 1.165) is 37.5 Å². The number of piperidine rings is 1. The number of likely N-dealkylation sites (tertiary alicyclic amines) is 1. The topological polar surface area (TPSA) is 61.4 Å². The maximum absolute atomic E-state index is 13.6. The number of hydrogen-bond acceptors (Lipinski definition) is 3. The number of carbonyl (C=O) groups excluding carboxylic acids is 2. The average molecular weight is 437 g/mol. The summed E-state index contributed by atoms with van der Waals surface area (Å²) in [5, 5.41) is 4.97. The van der Waals surface area contributed by atoms with Gasteiger partial charge in [-0.05, 0) is 68.7 Å². The van der Waals surface area contributed by atoms with Crippen LogP contribution in [0.3, 0.4) is 0 Å². The zero-order valence-electron chi connectivity index (χ0n) is 16.9. The lowest BCUT2D eigenvalue weighted by molar-refractivity contribution is -0.137. The molecule has 2 aromatic carbocycles. The second-order valence-corrected chi connectivity index (χ2v) is 7.50. The molecule has 2 amide bonds. The van der Waals surface area contributed by atoms with E-state index in [1.165, 1.54) is 24.3 Å². The molecule has 0 aliphatic carbocycles. The van der Waals surface area contributed by atoms with Gasteiger partial charge >= 0.3 is 6.18 Å². The lowest BCUT2D eigenvalue weighted by Crippen LogP contribution is -2.44. The van der Waals surface area contributed by atoms with Crippen LogP contribution in [0.5, 0.6) is 0 Å². The van der Waals surface area contributed by atoms with Gasteiger partial charge in [0.25, 0.3) is 5.91 Å². The molecule has 1 atom stereocenters. The van der Waals surface area contributed by atoms with Gasteiger partial charge in [0.15, 0.2) is 0 Å². The number of rotatable bonds is 5. The molecule has 31 heavy (non-hydrogen) atoms. The molecule has 166 valence electrons. The fraction of sp³-hybridized carbons (Fsp3) is 0.364. The number of halogens is 4. The quantitative estimate of drug-likeness (QED) is 0.654. The molecule has 2 N–H and O–H groups in total. The number of amides is 2. The van der Waals surface area contributed by atoms with Gasteiger partial charge in [0.05, 0.1) is 12.1 Å². The number of carbonyl (C=O) groups is 2. The van der Waals surface area contributed by atoms with Crippen LogP contribution in [0.25, 0.3) is 0 Å². The molecule has 1 saturated heterocycles. The van der Waals surface area contributed by atoms with Crippen LogP contribution in [0.15, 0.2) is 42.5 Å². The van der Waals surface area contributed by atoms with Crippen LogP contribution in [-0.2, 0) is 11.0 Å². The SMILES string of the molecule is CC1CCCCN1C(=O)CNc1ccc(NC(=O)c2ccc(F)cc2)cc1C(F)(F)F. The lowest BCUT2D eigenvalue weighted by atomic mass is 10.0. The third-order valence-electron chi connectivity index (χ3n) is 5.24. The first-order valence-electron chi connectivity index (χ1n) is 9.96. The summed E-state index contributed by atoms with van der Waals surface area (Å²) in [5.41, 5.74) is -1.20. The highest BCUT2D eigenvalue weighted by atomic mass is 19.4. The van der Waals surface area contributed by atoms with E-state index in [0.29, 0.717) is 6.54 Å². The van der Waals surface area contributed by atoms with Gasteiger partial charge in [-0.1, -0.05) is 0 Å². The van der Waals surface area contributed by atoms with Crippen LogP contribution >= 0.6 is 0 Å². The fourth-order valence-corrected chi connectivity index (χ4v) is 3.56. The summed E-state index contributed by atoms with van der Waals surface area (Å²) in [4.78, 5) is 26.3. The lowest BCUT2D eigenvalue weighted by Gasteiger charge is -2.33. The Kier molecular flexibility index (Phi) is 6.82. The van der Waals surface area contributed by atoms with Gasteiger partial charge in [0.1, 0.15) is 5.82 Å². The largest absolute Gasteiger partial charge is 0.418 e. The third-order valence-corrected chi connectivity index (χ3v) is 5.24. The molecule has 0 spiro atoms. The molecule has 1 unspecified atom stereocenters. The fourth-order valence-electron chi connectivity index (χ4n) is 3.56. The number of benzene rings is 2. The zero-order valence-corrected chi connectivity index (χ0v) is 16.9. The highest BCUT2D eigenvalue weighted by molar-refractivity contribution is 6.04. The number of nitrogens with zero attached hydrogens (tertiary/aromatic N) is 1. The molecule has 1 heterocycles. The summed E-state index contributed by atoms with van der Waals surface area (Å²) in [6, 6.07) is 8.00. The van der Waals surface area contributed by atoms with Crippen LogP contribution in [0.4, 0.5) is 28.9 Å². The predicted molar refractivity (Wildman–Crippen MR) is 109 cm³/mol. The Labute approximate surface area is 177 Å². The molecule has 0 radical (unpaired) electrons. The zero-order chi connectivity index (χ0) is 22.6. The molecule has 0 saturated carbocycles. The molecule has 5 nitrogen and oxygen atoms in total. The van der Waals surface area contributed by atoms with Crippen molar-refractivity contribution in [3.8, 4) is 0 Å². The van der Waals surface area contributed by atoms with Gasteiger partial charge in [-0.2, -0.15) is 13.2 Å². The predicted octanol–water partition coefficient (Wildman–Crippen LogP) is 4.91. The van der Waals surface area contributed by atoms with Crippen molar-refractivity contribution in [2.24, 2.45) is 0 Å². The van der Waals surface area contributed by atoms with E-state index in [1.54, 1.807) is 4.90 Å². The van der Waals surface area contributed by atoms with E-state index in [1.807, 2.05) is 6.92 Å². The molecular weight excluding hydrogens is 414 g/mol. The van der Waals surface area contributed by atoms with Crippen LogP contribution in [-0.4, -0.2) is 35.8 Å².